The van der Waals surface area contributed by atoms with Crippen LogP contribution >= 0.6 is 0 Å². The van der Waals surface area contributed by atoms with Gasteiger partial charge in [0.05, 0.1) is 5.41 Å². The number of piperidine rings is 1. The Hall–Kier alpha value is -3.11. The molecule has 1 aliphatic heterocycles. The average Bonchev–Trinajstić information content (AvgIpc) is 2.98. The molecule has 3 aromatic rings. The SMILES string of the molecule is CCC(CC)(C(=O)N[C@@H]1C[C@@H]2C[C@](c3cccc(O)c3)(C1)[C@@H](C)CN2CCCc1ccccc1)c1ccccc1. The minimum absolute atomic E-state index is 0.0661. The zero-order valence-electron chi connectivity index (χ0n) is 24.5. The van der Waals surface area contributed by atoms with Gasteiger partial charge in [-0.25, -0.2) is 0 Å². The van der Waals surface area contributed by atoms with Crippen LogP contribution in [0.15, 0.2) is 84.9 Å². The minimum Gasteiger partial charge on any atom is -0.508 e. The molecule has 1 amide bonds. The number of aryl methyl sites for hydroxylation is 1. The molecule has 5 rings (SSSR count). The molecule has 2 N–H and O–H groups in total. The lowest BCUT2D eigenvalue weighted by Crippen LogP contribution is -2.62. The van der Waals surface area contributed by atoms with E-state index < -0.39 is 5.41 Å². The van der Waals surface area contributed by atoms with Crippen LogP contribution in [0.5, 0.6) is 5.75 Å². The van der Waals surface area contributed by atoms with Crippen LogP contribution in [0.25, 0.3) is 0 Å². The molecule has 4 heteroatoms. The van der Waals surface area contributed by atoms with Crippen LogP contribution in [0.3, 0.4) is 0 Å². The molecule has 1 saturated heterocycles. The Balaban J connectivity index is 1.40. The molecule has 1 heterocycles. The Bertz CT molecular complexity index is 1260. The van der Waals surface area contributed by atoms with Gasteiger partial charge in [0, 0.05) is 24.0 Å². The van der Waals surface area contributed by atoms with Crippen molar-refractivity contribution >= 4 is 5.91 Å². The fourth-order valence-electron chi connectivity index (χ4n) is 7.84. The lowest BCUT2D eigenvalue weighted by Gasteiger charge is -2.57. The van der Waals surface area contributed by atoms with E-state index in [-0.39, 0.29) is 17.4 Å². The van der Waals surface area contributed by atoms with Gasteiger partial charge in [0.25, 0.3) is 0 Å². The highest BCUT2D eigenvalue weighted by Crippen LogP contribution is 2.50. The molecule has 2 aliphatic rings. The van der Waals surface area contributed by atoms with Gasteiger partial charge < -0.3 is 10.4 Å². The standard InChI is InChI=1S/C36H46N2O2/c1-4-35(5-2,29-17-10-7-11-18-29)34(40)37-31-23-32-25-36(24-31,30-19-12-20-33(39)22-30)27(3)26-38(32)21-13-16-28-14-8-6-9-15-28/h6-12,14-15,17-20,22,27,31-32,39H,4-5,13,16,21,23-26H2,1-3H3,(H,37,40)/t27-,31+,32+,36+/m0/s1. The average molecular weight is 539 g/mol. The molecular formula is C36H46N2O2. The maximum absolute atomic E-state index is 14.1. The lowest BCUT2D eigenvalue weighted by atomic mass is 9.57. The number of phenols is 1. The van der Waals surface area contributed by atoms with Gasteiger partial charge in [-0.1, -0.05) is 93.6 Å². The zero-order chi connectivity index (χ0) is 28.2. The number of phenolic OH excluding ortho intramolecular Hbond substituents is 1. The third kappa shape index (κ3) is 5.56. The van der Waals surface area contributed by atoms with Crippen LogP contribution < -0.4 is 5.32 Å². The first-order chi connectivity index (χ1) is 19.4. The normalized spacial score (nSPS) is 24.9. The van der Waals surface area contributed by atoms with Gasteiger partial charge >= 0.3 is 0 Å². The van der Waals surface area contributed by atoms with E-state index in [0.29, 0.717) is 17.7 Å². The number of hydrogen-bond donors (Lipinski definition) is 2. The number of likely N-dealkylation sites (tertiary alicyclic amines) is 1. The summed E-state index contributed by atoms with van der Waals surface area (Å²) in [7, 11) is 0. The maximum Gasteiger partial charge on any atom is 0.230 e. The van der Waals surface area contributed by atoms with E-state index in [2.05, 4.69) is 79.5 Å². The van der Waals surface area contributed by atoms with Gasteiger partial charge in [-0.2, -0.15) is 0 Å². The molecule has 2 bridgehead atoms. The smallest absolute Gasteiger partial charge is 0.230 e. The highest BCUT2D eigenvalue weighted by atomic mass is 16.3. The molecule has 2 fully saturated rings. The molecule has 4 nitrogen and oxygen atoms in total. The van der Waals surface area contributed by atoms with E-state index in [0.717, 1.165) is 63.6 Å². The van der Waals surface area contributed by atoms with Gasteiger partial charge in [-0.3, -0.25) is 9.69 Å². The summed E-state index contributed by atoms with van der Waals surface area (Å²) >= 11 is 0. The molecular weight excluding hydrogens is 492 g/mol. The maximum atomic E-state index is 14.1. The number of amides is 1. The summed E-state index contributed by atoms with van der Waals surface area (Å²) in [6.07, 6.45) is 6.72. The van der Waals surface area contributed by atoms with Gasteiger partial charge in [0.1, 0.15) is 5.75 Å². The number of carbonyl (C=O) groups excluding carboxylic acids is 1. The molecule has 4 atom stereocenters. The Kier molecular flexibility index (Phi) is 8.65. The Morgan fingerprint density at radius 1 is 0.975 bits per heavy atom. The number of benzene rings is 3. The monoisotopic (exact) mass is 538 g/mol. The minimum atomic E-state index is -0.521. The van der Waals surface area contributed by atoms with E-state index >= 15 is 0 Å². The Morgan fingerprint density at radius 3 is 2.35 bits per heavy atom. The highest BCUT2D eigenvalue weighted by Gasteiger charge is 2.51. The second-order valence-electron chi connectivity index (χ2n) is 12.3. The topological polar surface area (TPSA) is 52.6 Å². The van der Waals surface area contributed by atoms with Gasteiger partial charge in [-0.05, 0) is 86.2 Å². The van der Waals surface area contributed by atoms with Gasteiger partial charge in [-0.15, -0.1) is 0 Å². The van der Waals surface area contributed by atoms with Crippen molar-refractivity contribution in [2.75, 3.05) is 13.1 Å². The number of nitrogens with one attached hydrogen (secondary N) is 1. The van der Waals surface area contributed by atoms with E-state index in [1.807, 2.05) is 30.3 Å². The summed E-state index contributed by atoms with van der Waals surface area (Å²) in [6.45, 7) is 8.76. The first-order valence-corrected chi connectivity index (χ1v) is 15.3. The second-order valence-corrected chi connectivity index (χ2v) is 12.3. The van der Waals surface area contributed by atoms with E-state index in [9.17, 15) is 9.90 Å². The van der Waals surface area contributed by atoms with Crippen molar-refractivity contribution in [1.82, 2.24) is 10.2 Å². The summed E-state index contributed by atoms with van der Waals surface area (Å²) in [5.74, 6) is 0.897. The third-order valence-corrected chi connectivity index (χ3v) is 10.2. The van der Waals surface area contributed by atoms with Gasteiger partial charge in [0.2, 0.25) is 5.91 Å². The number of hydrogen-bond acceptors (Lipinski definition) is 3. The first-order valence-electron chi connectivity index (χ1n) is 15.3. The number of nitrogens with zero attached hydrogens (tertiary/aromatic N) is 1. The number of carbonyl (C=O) groups is 1. The molecule has 0 aromatic heterocycles. The summed E-state index contributed by atoms with van der Waals surface area (Å²) in [6, 6.07) is 29.5. The molecule has 212 valence electrons. The van der Waals surface area contributed by atoms with Crippen LogP contribution in [0.4, 0.5) is 0 Å². The fourth-order valence-corrected chi connectivity index (χ4v) is 7.84. The van der Waals surface area contributed by atoms with Crippen LogP contribution in [-0.4, -0.2) is 41.1 Å². The quantitative estimate of drug-likeness (QED) is 0.292. The molecule has 0 radical (unpaired) electrons. The second kappa shape index (κ2) is 12.2. The predicted molar refractivity (Wildman–Crippen MR) is 164 cm³/mol. The first kappa shape index (κ1) is 28.4. The molecule has 3 aromatic carbocycles. The number of fused-ring (bicyclic) bond motifs is 2. The van der Waals surface area contributed by atoms with Crippen molar-refractivity contribution in [1.29, 1.82) is 0 Å². The van der Waals surface area contributed by atoms with Crippen LogP contribution in [0.1, 0.15) is 76.0 Å². The molecule has 0 spiro atoms. The van der Waals surface area contributed by atoms with Crippen molar-refractivity contribution in [3.63, 3.8) is 0 Å². The number of aromatic hydroxyl groups is 1. The molecule has 1 aliphatic carbocycles. The van der Waals surface area contributed by atoms with Crippen LogP contribution in [-0.2, 0) is 22.0 Å². The summed E-state index contributed by atoms with van der Waals surface area (Å²) in [5.41, 5.74) is 3.13. The summed E-state index contributed by atoms with van der Waals surface area (Å²) < 4.78 is 0. The van der Waals surface area contributed by atoms with Crippen LogP contribution in [0, 0.1) is 5.92 Å². The predicted octanol–water partition coefficient (Wildman–Crippen LogP) is 7.01. The highest BCUT2D eigenvalue weighted by molar-refractivity contribution is 5.88. The number of rotatable bonds is 10. The summed E-state index contributed by atoms with van der Waals surface area (Å²) in [5, 5.41) is 14.0. The molecule has 1 saturated carbocycles. The Labute approximate surface area is 240 Å². The zero-order valence-corrected chi connectivity index (χ0v) is 24.5. The third-order valence-electron chi connectivity index (χ3n) is 10.2. The molecule has 0 unspecified atom stereocenters. The van der Waals surface area contributed by atoms with Gasteiger partial charge in [0.15, 0.2) is 0 Å². The van der Waals surface area contributed by atoms with Crippen LogP contribution in [0.2, 0.25) is 0 Å². The van der Waals surface area contributed by atoms with Crippen molar-refractivity contribution < 1.29 is 9.90 Å². The van der Waals surface area contributed by atoms with E-state index in [1.165, 1.54) is 11.1 Å². The Morgan fingerprint density at radius 2 is 1.68 bits per heavy atom. The van der Waals surface area contributed by atoms with Crippen molar-refractivity contribution in [2.24, 2.45) is 5.92 Å². The van der Waals surface area contributed by atoms with Crippen molar-refractivity contribution in [3.05, 3.63) is 102 Å². The largest absolute Gasteiger partial charge is 0.508 e. The van der Waals surface area contributed by atoms with E-state index in [1.54, 1.807) is 6.07 Å². The fraction of sp³-hybridized carbons (Fsp3) is 0.472. The van der Waals surface area contributed by atoms with E-state index in [4.69, 9.17) is 0 Å². The lowest BCUT2D eigenvalue weighted by molar-refractivity contribution is -0.129. The van der Waals surface area contributed by atoms with Crippen molar-refractivity contribution in [2.45, 2.75) is 88.6 Å². The van der Waals surface area contributed by atoms with Crippen molar-refractivity contribution in [3.8, 4) is 5.75 Å². The molecule has 40 heavy (non-hydrogen) atoms. The summed E-state index contributed by atoms with van der Waals surface area (Å²) in [4.78, 5) is 16.8.